The monoisotopic (exact) mass is 209 g/mol. The fourth-order valence-electron chi connectivity index (χ4n) is 1.03. The summed E-state index contributed by atoms with van der Waals surface area (Å²) in [7, 11) is 0. The molecule has 0 bridgehead atoms. The van der Waals surface area contributed by atoms with E-state index in [4.69, 9.17) is 11.6 Å². The zero-order valence-electron chi connectivity index (χ0n) is 7.79. The van der Waals surface area contributed by atoms with Crippen molar-refractivity contribution in [1.82, 2.24) is 0 Å². The molecule has 0 aromatic heterocycles. The lowest BCUT2D eigenvalue weighted by Crippen LogP contribution is -1.97. The third-order valence-corrected chi connectivity index (χ3v) is 1.98. The average molecular weight is 210 g/mol. The normalized spacial score (nSPS) is 9.50. The van der Waals surface area contributed by atoms with Crippen LogP contribution in [-0.2, 0) is 4.79 Å². The van der Waals surface area contributed by atoms with E-state index in [1.165, 1.54) is 0 Å². The molecule has 0 saturated heterocycles. The number of carbonyl (C=O) groups excluding carboxylic acids is 1. The molecule has 2 nitrogen and oxygen atoms in total. The number of nitrogens with one attached hydrogen (secondary N) is 1. The van der Waals surface area contributed by atoms with Crippen LogP contribution in [0, 0.1) is 0 Å². The van der Waals surface area contributed by atoms with Gasteiger partial charge in [-0.2, -0.15) is 0 Å². The van der Waals surface area contributed by atoms with E-state index in [-0.39, 0.29) is 0 Å². The topological polar surface area (TPSA) is 29.1 Å². The lowest BCUT2D eigenvalue weighted by Gasteiger charge is -2.07. The number of rotatable bonds is 5. The number of aldehydes is 1. The van der Waals surface area contributed by atoms with E-state index in [9.17, 15) is 4.79 Å². The van der Waals surface area contributed by atoms with Gasteiger partial charge >= 0.3 is 0 Å². The third-order valence-electron chi connectivity index (χ3n) is 1.73. The van der Waals surface area contributed by atoms with Crippen LogP contribution < -0.4 is 5.32 Å². The van der Waals surface area contributed by atoms with Gasteiger partial charge in [0.1, 0.15) is 6.29 Å². The van der Waals surface area contributed by atoms with Crippen LogP contribution in [0.5, 0.6) is 0 Å². The first-order valence-corrected chi connectivity index (χ1v) is 4.74. The molecule has 0 fully saturated rings. The molecule has 74 valence electrons. The van der Waals surface area contributed by atoms with Gasteiger partial charge in [-0.3, -0.25) is 0 Å². The molecule has 14 heavy (non-hydrogen) atoms. The number of benzene rings is 1. The first kappa shape index (κ1) is 10.8. The first-order valence-electron chi connectivity index (χ1n) is 4.36. The summed E-state index contributed by atoms with van der Waals surface area (Å²) in [5.41, 5.74) is 1.77. The molecule has 1 aromatic rings. The number of anilines is 1. The van der Waals surface area contributed by atoms with E-state index in [0.717, 1.165) is 17.7 Å². The Labute approximate surface area is 88.6 Å². The van der Waals surface area contributed by atoms with Gasteiger partial charge in [0.15, 0.2) is 0 Å². The van der Waals surface area contributed by atoms with Gasteiger partial charge in [-0.1, -0.05) is 18.2 Å². The highest BCUT2D eigenvalue weighted by atomic mass is 35.5. The largest absolute Gasteiger partial charge is 0.359 e. The molecular formula is C11H12ClNO. The SMILES string of the molecule is C=C(CCC=O)Nc1ccc(Cl)cc1. The van der Waals surface area contributed by atoms with Crippen LogP contribution >= 0.6 is 11.6 Å². The molecule has 0 radical (unpaired) electrons. The van der Waals surface area contributed by atoms with Crippen molar-refractivity contribution in [2.24, 2.45) is 0 Å². The van der Waals surface area contributed by atoms with E-state index < -0.39 is 0 Å². The molecule has 0 aliphatic carbocycles. The summed E-state index contributed by atoms with van der Waals surface area (Å²) in [6.07, 6.45) is 2.04. The maximum atomic E-state index is 10.1. The Kier molecular flexibility index (Phi) is 4.20. The fourth-order valence-corrected chi connectivity index (χ4v) is 1.16. The molecule has 0 unspecified atom stereocenters. The summed E-state index contributed by atoms with van der Waals surface area (Å²) in [6, 6.07) is 7.34. The van der Waals surface area contributed by atoms with Gasteiger partial charge in [-0.25, -0.2) is 0 Å². The molecule has 0 spiro atoms. The van der Waals surface area contributed by atoms with Crippen molar-refractivity contribution >= 4 is 23.6 Å². The zero-order chi connectivity index (χ0) is 10.4. The standard InChI is InChI=1S/C11H12ClNO/c1-9(3-2-8-14)13-11-6-4-10(12)5-7-11/h4-8,13H,1-3H2. The summed E-state index contributed by atoms with van der Waals surface area (Å²) in [6.45, 7) is 3.81. The van der Waals surface area contributed by atoms with Crippen molar-refractivity contribution < 1.29 is 4.79 Å². The van der Waals surface area contributed by atoms with E-state index in [2.05, 4.69) is 11.9 Å². The molecule has 1 rings (SSSR count). The van der Waals surface area contributed by atoms with Crippen LogP contribution in [0.25, 0.3) is 0 Å². The number of halogens is 1. The maximum Gasteiger partial charge on any atom is 0.120 e. The second-order valence-corrected chi connectivity index (χ2v) is 3.38. The Hall–Kier alpha value is -1.28. The molecule has 0 aliphatic rings. The van der Waals surface area contributed by atoms with Gasteiger partial charge in [-0.15, -0.1) is 0 Å². The zero-order valence-corrected chi connectivity index (χ0v) is 8.55. The molecule has 0 amide bonds. The summed E-state index contributed by atoms with van der Waals surface area (Å²) < 4.78 is 0. The summed E-state index contributed by atoms with van der Waals surface area (Å²) >= 11 is 5.74. The minimum atomic E-state index is 0.499. The van der Waals surface area contributed by atoms with E-state index in [0.29, 0.717) is 17.9 Å². The predicted octanol–water partition coefficient (Wildman–Crippen LogP) is 3.24. The van der Waals surface area contributed by atoms with Crippen molar-refractivity contribution in [2.45, 2.75) is 12.8 Å². The minimum absolute atomic E-state index is 0.499. The third kappa shape index (κ3) is 3.62. The second-order valence-electron chi connectivity index (χ2n) is 2.94. The highest BCUT2D eigenvalue weighted by molar-refractivity contribution is 6.30. The Morgan fingerprint density at radius 1 is 1.43 bits per heavy atom. The van der Waals surface area contributed by atoms with Gasteiger partial charge in [0.25, 0.3) is 0 Å². The summed E-state index contributed by atoms with van der Waals surface area (Å²) in [5, 5.41) is 3.79. The van der Waals surface area contributed by atoms with Gasteiger partial charge in [-0.05, 0) is 30.7 Å². The minimum Gasteiger partial charge on any atom is -0.359 e. The number of carbonyl (C=O) groups is 1. The van der Waals surface area contributed by atoms with Crippen LogP contribution in [0.15, 0.2) is 36.5 Å². The lowest BCUT2D eigenvalue weighted by molar-refractivity contribution is -0.107. The first-order chi connectivity index (χ1) is 6.72. The second kappa shape index (κ2) is 5.45. The van der Waals surface area contributed by atoms with Crippen LogP contribution in [0.1, 0.15) is 12.8 Å². The molecular weight excluding hydrogens is 198 g/mol. The Bertz CT molecular complexity index is 319. The Morgan fingerprint density at radius 3 is 2.64 bits per heavy atom. The van der Waals surface area contributed by atoms with Crippen LogP contribution in [0.4, 0.5) is 5.69 Å². The van der Waals surface area contributed by atoms with Crippen molar-refractivity contribution in [3.8, 4) is 0 Å². The molecule has 0 atom stereocenters. The van der Waals surface area contributed by atoms with E-state index in [1.54, 1.807) is 12.1 Å². The molecule has 0 aliphatic heterocycles. The van der Waals surface area contributed by atoms with Gasteiger partial charge in [0.2, 0.25) is 0 Å². The van der Waals surface area contributed by atoms with Crippen LogP contribution in [-0.4, -0.2) is 6.29 Å². The molecule has 0 heterocycles. The average Bonchev–Trinajstić information content (AvgIpc) is 2.18. The van der Waals surface area contributed by atoms with Crippen molar-refractivity contribution in [2.75, 3.05) is 5.32 Å². The van der Waals surface area contributed by atoms with Gasteiger partial charge in [0.05, 0.1) is 0 Å². The predicted molar refractivity (Wildman–Crippen MR) is 59.5 cm³/mol. The van der Waals surface area contributed by atoms with Crippen molar-refractivity contribution in [1.29, 1.82) is 0 Å². The highest BCUT2D eigenvalue weighted by Gasteiger charge is 1.95. The summed E-state index contributed by atoms with van der Waals surface area (Å²) in [5.74, 6) is 0. The van der Waals surface area contributed by atoms with Crippen molar-refractivity contribution in [3.63, 3.8) is 0 Å². The molecule has 0 saturated carbocycles. The summed E-state index contributed by atoms with van der Waals surface area (Å²) in [4.78, 5) is 10.1. The number of hydrogen-bond acceptors (Lipinski definition) is 2. The Morgan fingerprint density at radius 2 is 2.07 bits per heavy atom. The quantitative estimate of drug-likeness (QED) is 0.755. The van der Waals surface area contributed by atoms with E-state index >= 15 is 0 Å². The molecule has 1 aromatic carbocycles. The maximum absolute atomic E-state index is 10.1. The van der Waals surface area contributed by atoms with Gasteiger partial charge < -0.3 is 10.1 Å². The number of allylic oxidation sites excluding steroid dienone is 1. The van der Waals surface area contributed by atoms with Crippen molar-refractivity contribution in [3.05, 3.63) is 41.6 Å². The lowest BCUT2D eigenvalue weighted by atomic mass is 10.2. The van der Waals surface area contributed by atoms with Crippen LogP contribution in [0.3, 0.4) is 0 Å². The molecule has 3 heteroatoms. The van der Waals surface area contributed by atoms with Crippen LogP contribution in [0.2, 0.25) is 5.02 Å². The Balaban J connectivity index is 2.47. The highest BCUT2D eigenvalue weighted by Crippen LogP contribution is 2.15. The fraction of sp³-hybridized carbons (Fsp3) is 0.182. The van der Waals surface area contributed by atoms with Gasteiger partial charge in [0, 0.05) is 22.8 Å². The number of hydrogen-bond donors (Lipinski definition) is 1. The van der Waals surface area contributed by atoms with E-state index in [1.807, 2.05) is 12.1 Å². The molecule has 1 N–H and O–H groups in total. The smallest absolute Gasteiger partial charge is 0.120 e.